The fourth-order valence-electron chi connectivity index (χ4n) is 1.90. The van der Waals surface area contributed by atoms with Crippen LogP contribution in [0.25, 0.3) is 0 Å². The fraction of sp³-hybridized carbons (Fsp3) is 0.462. The standard InChI is InChI=1S/C13H18N2O3/c1-9-6-10(14)2-3-12(9)13(16)15-7-11-8-17-4-5-18-11/h2-3,6,11H,4-5,7-8,14H2,1H3,(H,15,16). The van der Waals surface area contributed by atoms with Gasteiger partial charge in [-0.3, -0.25) is 4.79 Å². The summed E-state index contributed by atoms with van der Waals surface area (Å²) in [5.41, 5.74) is 7.82. The average molecular weight is 250 g/mol. The molecule has 0 aliphatic carbocycles. The lowest BCUT2D eigenvalue weighted by atomic mass is 10.1. The summed E-state index contributed by atoms with van der Waals surface area (Å²) in [4.78, 5) is 12.0. The summed E-state index contributed by atoms with van der Waals surface area (Å²) in [5, 5.41) is 2.84. The van der Waals surface area contributed by atoms with E-state index < -0.39 is 0 Å². The van der Waals surface area contributed by atoms with E-state index in [4.69, 9.17) is 15.2 Å². The molecular formula is C13H18N2O3. The van der Waals surface area contributed by atoms with Crippen LogP contribution in [0.5, 0.6) is 0 Å². The van der Waals surface area contributed by atoms with Crippen LogP contribution in [0.3, 0.4) is 0 Å². The molecule has 0 saturated carbocycles. The number of hydrogen-bond acceptors (Lipinski definition) is 4. The predicted molar refractivity (Wildman–Crippen MR) is 68.5 cm³/mol. The maximum atomic E-state index is 12.0. The number of carbonyl (C=O) groups excluding carboxylic acids is 1. The first-order valence-corrected chi connectivity index (χ1v) is 6.00. The third-order valence-corrected chi connectivity index (χ3v) is 2.87. The zero-order chi connectivity index (χ0) is 13.0. The van der Waals surface area contributed by atoms with E-state index in [1.165, 1.54) is 0 Å². The Bertz CT molecular complexity index is 428. The van der Waals surface area contributed by atoms with Crippen molar-refractivity contribution in [1.82, 2.24) is 5.32 Å². The van der Waals surface area contributed by atoms with Gasteiger partial charge in [0.15, 0.2) is 0 Å². The van der Waals surface area contributed by atoms with Gasteiger partial charge < -0.3 is 20.5 Å². The Morgan fingerprint density at radius 3 is 3.00 bits per heavy atom. The number of anilines is 1. The highest BCUT2D eigenvalue weighted by Gasteiger charge is 2.16. The van der Waals surface area contributed by atoms with Crippen molar-refractivity contribution in [3.8, 4) is 0 Å². The van der Waals surface area contributed by atoms with E-state index in [-0.39, 0.29) is 12.0 Å². The lowest BCUT2D eigenvalue weighted by Gasteiger charge is -2.23. The van der Waals surface area contributed by atoms with Crippen molar-refractivity contribution >= 4 is 11.6 Å². The van der Waals surface area contributed by atoms with Crippen LogP contribution in [0.1, 0.15) is 15.9 Å². The van der Waals surface area contributed by atoms with Gasteiger partial charge in [-0.25, -0.2) is 0 Å². The van der Waals surface area contributed by atoms with Crippen molar-refractivity contribution in [3.05, 3.63) is 29.3 Å². The zero-order valence-electron chi connectivity index (χ0n) is 10.4. The number of nitrogens with two attached hydrogens (primary N) is 1. The van der Waals surface area contributed by atoms with Gasteiger partial charge in [0.2, 0.25) is 0 Å². The first-order chi connectivity index (χ1) is 8.66. The second kappa shape index (κ2) is 5.84. The number of carbonyl (C=O) groups is 1. The van der Waals surface area contributed by atoms with Crippen molar-refractivity contribution in [2.45, 2.75) is 13.0 Å². The molecule has 1 atom stereocenters. The van der Waals surface area contributed by atoms with Gasteiger partial charge >= 0.3 is 0 Å². The maximum Gasteiger partial charge on any atom is 0.251 e. The second-order valence-corrected chi connectivity index (χ2v) is 4.35. The van der Waals surface area contributed by atoms with Crippen LogP contribution in [0, 0.1) is 6.92 Å². The number of nitrogens with one attached hydrogen (secondary N) is 1. The van der Waals surface area contributed by atoms with Gasteiger partial charge in [-0.1, -0.05) is 0 Å². The van der Waals surface area contributed by atoms with Crippen molar-refractivity contribution in [2.24, 2.45) is 0 Å². The minimum absolute atomic E-state index is 0.0585. The molecule has 18 heavy (non-hydrogen) atoms. The molecule has 2 rings (SSSR count). The van der Waals surface area contributed by atoms with Crippen LogP contribution >= 0.6 is 0 Å². The summed E-state index contributed by atoms with van der Waals surface area (Å²) in [6, 6.07) is 5.25. The number of hydrogen-bond donors (Lipinski definition) is 2. The van der Waals surface area contributed by atoms with Gasteiger partial charge in [0, 0.05) is 17.8 Å². The van der Waals surface area contributed by atoms with E-state index in [1.54, 1.807) is 18.2 Å². The molecule has 0 bridgehead atoms. The molecule has 1 unspecified atom stereocenters. The first-order valence-electron chi connectivity index (χ1n) is 6.00. The second-order valence-electron chi connectivity index (χ2n) is 4.35. The van der Waals surface area contributed by atoms with Crippen LogP contribution in [0.4, 0.5) is 5.69 Å². The quantitative estimate of drug-likeness (QED) is 0.775. The Kier molecular flexibility index (Phi) is 4.17. The average Bonchev–Trinajstić information content (AvgIpc) is 2.37. The van der Waals surface area contributed by atoms with E-state index >= 15 is 0 Å². The number of nitrogen functional groups attached to an aromatic ring is 1. The number of ether oxygens (including phenoxy) is 2. The maximum absolute atomic E-state index is 12.0. The van der Waals surface area contributed by atoms with Crippen LogP contribution in [0.2, 0.25) is 0 Å². The molecule has 1 aromatic rings. The molecule has 1 saturated heterocycles. The van der Waals surface area contributed by atoms with E-state index in [0.717, 1.165) is 5.56 Å². The summed E-state index contributed by atoms with van der Waals surface area (Å²) in [7, 11) is 0. The summed E-state index contributed by atoms with van der Waals surface area (Å²) < 4.78 is 10.7. The summed E-state index contributed by atoms with van der Waals surface area (Å²) in [5.74, 6) is -0.110. The highest BCUT2D eigenvalue weighted by Crippen LogP contribution is 2.12. The summed E-state index contributed by atoms with van der Waals surface area (Å²) >= 11 is 0. The molecule has 1 aliphatic rings. The third-order valence-electron chi connectivity index (χ3n) is 2.87. The Morgan fingerprint density at radius 1 is 1.50 bits per heavy atom. The molecule has 3 N–H and O–H groups in total. The predicted octanol–water partition coefficient (Wildman–Crippen LogP) is 0.722. The molecule has 5 heteroatoms. The monoisotopic (exact) mass is 250 g/mol. The lowest BCUT2D eigenvalue weighted by molar-refractivity contribution is -0.0855. The number of aryl methyl sites for hydroxylation is 1. The molecule has 0 spiro atoms. The fourth-order valence-corrected chi connectivity index (χ4v) is 1.90. The minimum atomic E-state index is -0.110. The SMILES string of the molecule is Cc1cc(N)ccc1C(=O)NCC1COCCO1. The van der Waals surface area contributed by atoms with Crippen molar-refractivity contribution in [2.75, 3.05) is 32.1 Å². The highest BCUT2D eigenvalue weighted by molar-refractivity contribution is 5.96. The number of rotatable bonds is 3. The molecule has 0 radical (unpaired) electrons. The van der Waals surface area contributed by atoms with Crippen molar-refractivity contribution in [3.63, 3.8) is 0 Å². The zero-order valence-corrected chi connectivity index (χ0v) is 10.4. The Labute approximate surface area is 106 Å². The summed E-state index contributed by atoms with van der Waals surface area (Å²) in [6.45, 7) is 4.07. The van der Waals surface area contributed by atoms with Gasteiger partial charge in [0.1, 0.15) is 0 Å². The molecule has 1 fully saturated rings. The molecular weight excluding hydrogens is 232 g/mol. The lowest BCUT2D eigenvalue weighted by Crippen LogP contribution is -2.39. The largest absolute Gasteiger partial charge is 0.399 e. The van der Waals surface area contributed by atoms with Gasteiger partial charge in [0.25, 0.3) is 5.91 Å². The highest BCUT2D eigenvalue weighted by atomic mass is 16.6. The van der Waals surface area contributed by atoms with Crippen molar-refractivity contribution < 1.29 is 14.3 Å². The molecule has 1 aliphatic heterocycles. The smallest absolute Gasteiger partial charge is 0.251 e. The summed E-state index contributed by atoms with van der Waals surface area (Å²) in [6.07, 6.45) is -0.0585. The minimum Gasteiger partial charge on any atom is -0.399 e. The van der Waals surface area contributed by atoms with Crippen LogP contribution in [-0.2, 0) is 9.47 Å². The van der Waals surface area contributed by atoms with Crippen LogP contribution in [0.15, 0.2) is 18.2 Å². The molecule has 1 amide bonds. The Balaban J connectivity index is 1.90. The van der Waals surface area contributed by atoms with E-state index in [1.807, 2.05) is 6.92 Å². The number of amides is 1. The first kappa shape index (κ1) is 12.9. The molecule has 1 aromatic carbocycles. The van der Waals surface area contributed by atoms with Crippen LogP contribution in [-0.4, -0.2) is 38.4 Å². The van der Waals surface area contributed by atoms with Gasteiger partial charge in [0.05, 0.1) is 25.9 Å². The molecule has 98 valence electrons. The molecule has 5 nitrogen and oxygen atoms in total. The van der Waals surface area contributed by atoms with E-state index in [2.05, 4.69) is 5.32 Å². The normalized spacial score (nSPS) is 19.5. The van der Waals surface area contributed by atoms with Gasteiger partial charge in [-0.2, -0.15) is 0 Å². The Hall–Kier alpha value is -1.59. The van der Waals surface area contributed by atoms with Crippen molar-refractivity contribution in [1.29, 1.82) is 0 Å². The van der Waals surface area contributed by atoms with Crippen LogP contribution < -0.4 is 11.1 Å². The Morgan fingerprint density at radius 2 is 2.33 bits per heavy atom. The van der Waals surface area contributed by atoms with Gasteiger partial charge in [-0.05, 0) is 30.7 Å². The topological polar surface area (TPSA) is 73.6 Å². The third kappa shape index (κ3) is 3.21. The molecule has 0 aromatic heterocycles. The van der Waals surface area contributed by atoms with E-state index in [0.29, 0.717) is 37.6 Å². The van der Waals surface area contributed by atoms with Gasteiger partial charge in [-0.15, -0.1) is 0 Å². The number of benzene rings is 1. The molecule has 1 heterocycles. The van der Waals surface area contributed by atoms with E-state index in [9.17, 15) is 4.79 Å².